The topological polar surface area (TPSA) is 79.7 Å². The van der Waals surface area contributed by atoms with E-state index < -0.39 is 0 Å². The number of rotatable bonds is 6. The summed E-state index contributed by atoms with van der Waals surface area (Å²) in [6.07, 6.45) is 3.66. The Morgan fingerprint density at radius 1 is 1.22 bits per heavy atom. The highest BCUT2D eigenvalue weighted by molar-refractivity contribution is 5.51. The zero-order chi connectivity index (χ0) is 18.9. The number of ether oxygens (including phenoxy) is 2. The van der Waals surface area contributed by atoms with Gasteiger partial charge in [-0.05, 0) is 30.5 Å². The van der Waals surface area contributed by atoms with Crippen LogP contribution >= 0.6 is 0 Å². The molecule has 0 amide bonds. The molecular formula is C20H26N4O3. The van der Waals surface area contributed by atoms with E-state index in [1.165, 1.54) is 5.56 Å². The zero-order valence-corrected chi connectivity index (χ0v) is 15.8. The first-order valence-corrected chi connectivity index (χ1v) is 9.40. The highest BCUT2D eigenvalue weighted by atomic mass is 16.7. The van der Waals surface area contributed by atoms with Crippen LogP contribution in [0.3, 0.4) is 0 Å². The molecule has 0 spiro atoms. The van der Waals surface area contributed by atoms with Crippen LogP contribution in [0, 0.1) is 0 Å². The fraction of sp³-hybridized carbons (Fsp3) is 0.500. The highest BCUT2D eigenvalue weighted by Gasteiger charge is 2.26. The first-order chi connectivity index (χ1) is 13.1. The van der Waals surface area contributed by atoms with Crippen molar-refractivity contribution in [2.45, 2.75) is 38.1 Å². The minimum Gasteiger partial charge on any atom is -0.454 e. The second kappa shape index (κ2) is 7.23. The van der Waals surface area contributed by atoms with Crippen molar-refractivity contribution in [2.75, 3.05) is 36.7 Å². The van der Waals surface area contributed by atoms with Gasteiger partial charge >= 0.3 is 0 Å². The Balaban J connectivity index is 1.46. The highest BCUT2D eigenvalue weighted by Crippen LogP contribution is 2.36. The molecule has 0 saturated carbocycles. The molecular weight excluding hydrogens is 344 g/mol. The Hall–Kier alpha value is -2.54. The van der Waals surface area contributed by atoms with Gasteiger partial charge in [0.25, 0.3) is 0 Å². The van der Waals surface area contributed by atoms with Gasteiger partial charge in [-0.1, -0.05) is 19.9 Å². The van der Waals surface area contributed by atoms with Crippen LogP contribution in [0.5, 0.6) is 11.5 Å². The normalized spacial score (nSPS) is 18.8. The van der Waals surface area contributed by atoms with Gasteiger partial charge in [0.15, 0.2) is 11.5 Å². The van der Waals surface area contributed by atoms with Crippen LogP contribution in [-0.4, -0.2) is 47.6 Å². The summed E-state index contributed by atoms with van der Waals surface area (Å²) in [6, 6.07) is 8.20. The number of benzene rings is 1. The summed E-state index contributed by atoms with van der Waals surface area (Å²) in [4.78, 5) is 10.9. The molecule has 27 heavy (non-hydrogen) atoms. The van der Waals surface area contributed by atoms with E-state index in [9.17, 15) is 5.11 Å². The van der Waals surface area contributed by atoms with Crippen molar-refractivity contribution in [2.24, 2.45) is 0 Å². The van der Waals surface area contributed by atoms with Crippen molar-refractivity contribution in [3.05, 3.63) is 36.2 Å². The summed E-state index contributed by atoms with van der Waals surface area (Å²) in [5.41, 5.74) is 1.06. The first-order valence-electron chi connectivity index (χ1n) is 9.40. The van der Waals surface area contributed by atoms with E-state index in [2.05, 4.69) is 40.1 Å². The smallest absolute Gasteiger partial charge is 0.231 e. The molecule has 144 valence electrons. The molecule has 1 atom stereocenters. The van der Waals surface area contributed by atoms with Gasteiger partial charge in [-0.15, -0.1) is 0 Å². The minimum atomic E-state index is -0.118. The third-order valence-electron chi connectivity index (χ3n) is 5.40. The Morgan fingerprint density at radius 2 is 2.07 bits per heavy atom. The summed E-state index contributed by atoms with van der Waals surface area (Å²) in [6.45, 7) is 6.44. The minimum absolute atomic E-state index is 0.118. The molecule has 7 heteroatoms. The zero-order valence-electron chi connectivity index (χ0n) is 15.8. The van der Waals surface area contributed by atoms with Gasteiger partial charge in [0, 0.05) is 24.6 Å². The van der Waals surface area contributed by atoms with Crippen molar-refractivity contribution in [1.82, 2.24) is 9.97 Å². The summed E-state index contributed by atoms with van der Waals surface area (Å²) in [5.74, 6) is 3.25. The standard InChI is InChI=1S/C20H26N4O3/c1-20(2,14-5-6-16-17(8-14)27-13-26-16)11-21-18-9-19(23-12-22-18)24-7-3-4-15(24)10-25/h5-6,8-9,12,15,25H,3-4,7,10-11,13H2,1-2H3,(H,21,22,23). The third kappa shape index (κ3) is 3.64. The molecule has 7 nitrogen and oxygen atoms in total. The predicted molar refractivity (Wildman–Crippen MR) is 104 cm³/mol. The molecule has 1 fully saturated rings. The molecule has 0 aliphatic carbocycles. The molecule has 0 bridgehead atoms. The SMILES string of the molecule is CC(C)(CNc1cc(N2CCCC2CO)ncn1)c1ccc2c(c1)OCO2. The van der Waals surface area contributed by atoms with Crippen molar-refractivity contribution in [3.8, 4) is 11.5 Å². The van der Waals surface area contributed by atoms with Gasteiger partial charge in [-0.2, -0.15) is 0 Å². The van der Waals surface area contributed by atoms with Gasteiger partial charge in [-0.3, -0.25) is 0 Å². The summed E-state index contributed by atoms with van der Waals surface area (Å²) < 4.78 is 10.9. The molecule has 1 unspecified atom stereocenters. The second-order valence-corrected chi connectivity index (χ2v) is 7.74. The Morgan fingerprint density at radius 3 is 2.93 bits per heavy atom. The number of anilines is 2. The quantitative estimate of drug-likeness (QED) is 0.809. The van der Waals surface area contributed by atoms with E-state index in [1.807, 2.05) is 18.2 Å². The van der Waals surface area contributed by atoms with Crippen LogP contribution in [0.4, 0.5) is 11.6 Å². The van der Waals surface area contributed by atoms with E-state index in [4.69, 9.17) is 9.47 Å². The van der Waals surface area contributed by atoms with E-state index in [1.54, 1.807) is 6.33 Å². The maximum atomic E-state index is 9.55. The Bertz CT molecular complexity index is 812. The molecule has 2 aromatic rings. The van der Waals surface area contributed by atoms with Crippen molar-refractivity contribution in [3.63, 3.8) is 0 Å². The maximum Gasteiger partial charge on any atom is 0.231 e. The number of aromatic nitrogens is 2. The average Bonchev–Trinajstić information content (AvgIpc) is 3.35. The summed E-state index contributed by atoms with van der Waals surface area (Å²) in [7, 11) is 0. The molecule has 1 aromatic heterocycles. The molecule has 2 aliphatic heterocycles. The van der Waals surface area contributed by atoms with Gasteiger partial charge in [0.1, 0.15) is 18.0 Å². The molecule has 0 radical (unpaired) electrons. The fourth-order valence-corrected chi connectivity index (χ4v) is 3.66. The fourth-order valence-electron chi connectivity index (χ4n) is 3.66. The van der Waals surface area contributed by atoms with Crippen molar-refractivity contribution in [1.29, 1.82) is 0 Å². The molecule has 1 aromatic carbocycles. The largest absolute Gasteiger partial charge is 0.454 e. The molecule has 4 rings (SSSR count). The average molecular weight is 370 g/mol. The Labute approximate surface area is 159 Å². The molecule has 3 heterocycles. The van der Waals surface area contributed by atoms with E-state index in [0.717, 1.165) is 42.5 Å². The lowest BCUT2D eigenvalue weighted by molar-refractivity contribution is 0.174. The van der Waals surface area contributed by atoms with E-state index >= 15 is 0 Å². The van der Waals surface area contributed by atoms with Crippen LogP contribution in [0.2, 0.25) is 0 Å². The number of aliphatic hydroxyl groups excluding tert-OH is 1. The lowest BCUT2D eigenvalue weighted by Crippen LogP contribution is -2.33. The first kappa shape index (κ1) is 17.9. The van der Waals surface area contributed by atoms with E-state index in [0.29, 0.717) is 6.54 Å². The maximum absolute atomic E-state index is 9.55. The van der Waals surface area contributed by atoms with Crippen LogP contribution in [0.1, 0.15) is 32.3 Å². The number of hydrogen-bond donors (Lipinski definition) is 2. The summed E-state index contributed by atoms with van der Waals surface area (Å²) in [5, 5.41) is 13.0. The molecule has 1 saturated heterocycles. The molecule has 2 aliphatic rings. The van der Waals surface area contributed by atoms with Gasteiger partial charge in [0.05, 0.1) is 12.6 Å². The second-order valence-electron chi connectivity index (χ2n) is 7.74. The van der Waals surface area contributed by atoms with Crippen LogP contribution < -0.4 is 19.7 Å². The van der Waals surface area contributed by atoms with Gasteiger partial charge < -0.3 is 24.8 Å². The van der Waals surface area contributed by atoms with Crippen LogP contribution in [-0.2, 0) is 5.41 Å². The van der Waals surface area contributed by atoms with Crippen molar-refractivity contribution < 1.29 is 14.6 Å². The van der Waals surface area contributed by atoms with Crippen molar-refractivity contribution >= 4 is 11.6 Å². The number of nitrogens with one attached hydrogen (secondary N) is 1. The third-order valence-corrected chi connectivity index (χ3v) is 5.40. The molecule has 2 N–H and O–H groups in total. The number of nitrogens with zero attached hydrogens (tertiary/aromatic N) is 3. The van der Waals surface area contributed by atoms with Crippen LogP contribution in [0.25, 0.3) is 0 Å². The van der Waals surface area contributed by atoms with Crippen LogP contribution in [0.15, 0.2) is 30.6 Å². The van der Waals surface area contributed by atoms with E-state index in [-0.39, 0.29) is 24.9 Å². The summed E-state index contributed by atoms with van der Waals surface area (Å²) >= 11 is 0. The number of hydrogen-bond acceptors (Lipinski definition) is 7. The Kier molecular flexibility index (Phi) is 4.78. The predicted octanol–water partition coefficient (Wildman–Crippen LogP) is 2.56. The monoisotopic (exact) mass is 370 g/mol. The van der Waals surface area contributed by atoms with Gasteiger partial charge in [0.2, 0.25) is 6.79 Å². The number of fused-ring (bicyclic) bond motifs is 1. The number of aliphatic hydroxyl groups is 1. The lowest BCUT2D eigenvalue weighted by Gasteiger charge is -2.27. The lowest BCUT2D eigenvalue weighted by atomic mass is 9.84. The van der Waals surface area contributed by atoms with Gasteiger partial charge in [-0.25, -0.2) is 9.97 Å².